The fourth-order valence-electron chi connectivity index (χ4n) is 2.24. The van der Waals surface area contributed by atoms with Crippen LogP contribution in [0.25, 0.3) is 0 Å². The van der Waals surface area contributed by atoms with Crippen LogP contribution in [0, 0.1) is 5.92 Å². The highest BCUT2D eigenvalue weighted by molar-refractivity contribution is 5.86. The second-order valence-corrected chi connectivity index (χ2v) is 5.23. The molecule has 19 heavy (non-hydrogen) atoms. The Labute approximate surface area is 113 Å². The summed E-state index contributed by atoms with van der Waals surface area (Å²) in [5.41, 5.74) is -1.18. The molecule has 2 amide bonds. The summed E-state index contributed by atoms with van der Waals surface area (Å²) < 4.78 is 5.15. The van der Waals surface area contributed by atoms with Gasteiger partial charge in [-0.2, -0.15) is 0 Å². The van der Waals surface area contributed by atoms with Gasteiger partial charge in [-0.25, -0.2) is 9.59 Å². The number of hydrogen-bond acceptors (Lipinski definition) is 3. The Kier molecular flexibility index (Phi) is 6.08. The number of hydrogen-bond donors (Lipinski definition) is 3. The molecular formula is C13H24N2O4. The molecule has 6 nitrogen and oxygen atoms in total. The number of urea groups is 1. The first-order valence-electron chi connectivity index (χ1n) is 6.87. The molecule has 1 rings (SSSR count). The van der Waals surface area contributed by atoms with Crippen molar-refractivity contribution in [1.82, 2.24) is 10.6 Å². The third-order valence-corrected chi connectivity index (χ3v) is 3.50. The van der Waals surface area contributed by atoms with Gasteiger partial charge in [-0.3, -0.25) is 0 Å². The van der Waals surface area contributed by atoms with E-state index < -0.39 is 17.5 Å². The lowest BCUT2D eigenvalue weighted by Crippen LogP contribution is -2.59. The molecule has 110 valence electrons. The standard InChI is InChI=1S/C13H24N2O4/c1-3-4-10(2)9-14-12(18)15-13(11(16)17)5-7-19-8-6-13/h10H,3-9H2,1-2H3,(H,16,17)(H2,14,15,18). The molecule has 0 aromatic carbocycles. The summed E-state index contributed by atoms with van der Waals surface area (Å²) in [6.45, 7) is 5.44. The number of carbonyl (C=O) groups excluding carboxylic acids is 1. The molecule has 1 saturated heterocycles. The van der Waals surface area contributed by atoms with Gasteiger partial charge in [0.25, 0.3) is 0 Å². The average molecular weight is 272 g/mol. The van der Waals surface area contributed by atoms with E-state index in [0.717, 1.165) is 12.8 Å². The first kappa shape index (κ1) is 15.8. The van der Waals surface area contributed by atoms with E-state index >= 15 is 0 Å². The van der Waals surface area contributed by atoms with Crippen molar-refractivity contribution in [3.63, 3.8) is 0 Å². The summed E-state index contributed by atoms with van der Waals surface area (Å²) in [7, 11) is 0. The van der Waals surface area contributed by atoms with E-state index in [-0.39, 0.29) is 0 Å². The van der Waals surface area contributed by atoms with Crippen LogP contribution in [0.5, 0.6) is 0 Å². The van der Waals surface area contributed by atoms with E-state index in [1.807, 2.05) is 0 Å². The van der Waals surface area contributed by atoms with Crippen LogP contribution in [0.4, 0.5) is 4.79 Å². The predicted molar refractivity (Wildman–Crippen MR) is 71.0 cm³/mol. The maximum atomic E-state index is 11.8. The fraction of sp³-hybridized carbons (Fsp3) is 0.846. The Bertz CT molecular complexity index is 314. The fourth-order valence-corrected chi connectivity index (χ4v) is 2.24. The first-order valence-corrected chi connectivity index (χ1v) is 6.87. The van der Waals surface area contributed by atoms with Crippen LogP contribution in [0.2, 0.25) is 0 Å². The van der Waals surface area contributed by atoms with Crippen molar-refractivity contribution in [3.8, 4) is 0 Å². The maximum absolute atomic E-state index is 11.8. The van der Waals surface area contributed by atoms with Crippen molar-refractivity contribution in [2.45, 2.75) is 45.1 Å². The molecule has 6 heteroatoms. The van der Waals surface area contributed by atoms with Crippen LogP contribution in [-0.4, -0.2) is 42.4 Å². The molecule has 1 unspecified atom stereocenters. The zero-order valence-electron chi connectivity index (χ0n) is 11.7. The van der Waals surface area contributed by atoms with Crippen LogP contribution in [-0.2, 0) is 9.53 Å². The molecule has 0 aliphatic carbocycles. The molecule has 0 bridgehead atoms. The van der Waals surface area contributed by atoms with E-state index in [4.69, 9.17) is 4.74 Å². The van der Waals surface area contributed by atoms with Gasteiger partial charge in [0.15, 0.2) is 0 Å². The summed E-state index contributed by atoms with van der Waals surface area (Å²) in [4.78, 5) is 23.2. The molecule has 1 aliphatic rings. The number of carbonyl (C=O) groups is 2. The molecule has 0 saturated carbocycles. The van der Waals surface area contributed by atoms with E-state index in [1.54, 1.807) is 0 Å². The second-order valence-electron chi connectivity index (χ2n) is 5.23. The summed E-state index contributed by atoms with van der Waals surface area (Å²) >= 11 is 0. The van der Waals surface area contributed by atoms with Gasteiger partial charge in [0.1, 0.15) is 5.54 Å². The highest BCUT2D eigenvalue weighted by atomic mass is 16.5. The zero-order chi connectivity index (χ0) is 14.3. The summed E-state index contributed by atoms with van der Waals surface area (Å²) in [6, 6.07) is -0.410. The van der Waals surface area contributed by atoms with E-state index in [2.05, 4.69) is 24.5 Å². The zero-order valence-corrected chi connectivity index (χ0v) is 11.7. The highest BCUT2D eigenvalue weighted by Crippen LogP contribution is 2.20. The number of carboxylic acids is 1. The summed E-state index contributed by atoms with van der Waals surface area (Å²) in [6.07, 6.45) is 2.72. The smallest absolute Gasteiger partial charge is 0.329 e. The molecule has 3 N–H and O–H groups in total. The topological polar surface area (TPSA) is 87.7 Å². The predicted octanol–water partition coefficient (Wildman–Crippen LogP) is 1.36. The SMILES string of the molecule is CCCC(C)CNC(=O)NC1(C(=O)O)CCOCC1. The molecule has 0 spiro atoms. The van der Waals surface area contributed by atoms with Gasteiger partial charge < -0.3 is 20.5 Å². The monoisotopic (exact) mass is 272 g/mol. The normalized spacial score (nSPS) is 19.5. The largest absolute Gasteiger partial charge is 0.480 e. The van der Waals surface area contributed by atoms with Gasteiger partial charge in [-0.1, -0.05) is 20.3 Å². The minimum Gasteiger partial charge on any atom is -0.480 e. The van der Waals surface area contributed by atoms with Crippen molar-refractivity contribution in [2.75, 3.05) is 19.8 Å². The Morgan fingerprint density at radius 2 is 2.00 bits per heavy atom. The van der Waals surface area contributed by atoms with E-state index in [9.17, 15) is 14.7 Å². The van der Waals surface area contributed by atoms with Gasteiger partial charge >= 0.3 is 12.0 Å². The van der Waals surface area contributed by atoms with Crippen molar-refractivity contribution >= 4 is 12.0 Å². The molecule has 0 aromatic rings. The Morgan fingerprint density at radius 1 is 1.37 bits per heavy atom. The van der Waals surface area contributed by atoms with Crippen molar-refractivity contribution in [2.24, 2.45) is 5.92 Å². The van der Waals surface area contributed by atoms with Crippen molar-refractivity contribution in [3.05, 3.63) is 0 Å². The van der Waals surface area contributed by atoms with E-state index in [0.29, 0.717) is 38.5 Å². The van der Waals surface area contributed by atoms with Gasteiger partial charge in [0.2, 0.25) is 0 Å². The summed E-state index contributed by atoms with van der Waals surface area (Å²) in [5.74, 6) is -0.598. The third-order valence-electron chi connectivity index (χ3n) is 3.50. The first-order chi connectivity index (χ1) is 9.00. The number of rotatable bonds is 6. The molecule has 0 radical (unpaired) electrons. The van der Waals surface area contributed by atoms with Crippen LogP contribution in [0.1, 0.15) is 39.5 Å². The van der Waals surface area contributed by atoms with Gasteiger partial charge in [-0.15, -0.1) is 0 Å². The molecule has 1 aliphatic heterocycles. The average Bonchev–Trinajstić information content (AvgIpc) is 2.38. The van der Waals surface area contributed by atoms with Crippen LogP contribution < -0.4 is 10.6 Å². The molecule has 1 fully saturated rings. The quantitative estimate of drug-likeness (QED) is 0.681. The maximum Gasteiger partial charge on any atom is 0.329 e. The third kappa shape index (κ3) is 4.70. The van der Waals surface area contributed by atoms with Crippen LogP contribution >= 0.6 is 0 Å². The number of carboxylic acid groups (broad SMARTS) is 1. The minimum atomic E-state index is -1.18. The highest BCUT2D eigenvalue weighted by Gasteiger charge is 2.41. The molecular weight excluding hydrogens is 248 g/mol. The number of ether oxygens (including phenoxy) is 1. The second kappa shape index (κ2) is 7.33. The van der Waals surface area contributed by atoms with Crippen LogP contribution in [0.15, 0.2) is 0 Å². The van der Waals surface area contributed by atoms with E-state index in [1.165, 1.54) is 0 Å². The Hall–Kier alpha value is -1.30. The van der Waals surface area contributed by atoms with Gasteiger partial charge in [-0.05, 0) is 12.3 Å². The van der Waals surface area contributed by atoms with Crippen molar-refractivity contribution < 1.29 is 19.4 Å². The molecule has 1 heterocycles. The van der Waals surface area contributed by atoms with Gasteiger partial charge in [0.05, 0.1) is 0 Å². The van der Waals surface area contributed by atoms with Crippen molar-refractivity contribution in [1.29, 1.82) is 0 Å². The lowest BCUT2D eigenvalue weighted by Gasteiger charge is -2.33. The minimum absolute atomic E-state index is 0.306. The number of aliphatic carboxylic acids is 1. The number of nitrogens with one attached hydrogen (secondary N) is 2. The summed E-state index contributed by atoms with van der Waals surface area (Å²) in [5, 5.41) is 14.6. The molecule has 0 aromatic heterocycles. The lowest BCUT2D eigenvalue weighted by atomic mass is 9.90. The van der Waals surface area contributed by atoms with Crippen LogP contribution in [0.3, 0.4) is 0 Å². The van der Waals surface area contributed by atoms with Gasteiger partial charge in [0, 0.05) is 32.6 Å². The Balaban J connectivity index is 2.46. The molecule has 1 atom stereocenters. The lowest BCUT2D eigenvalue weighted by molar-refractivity contribution is -0.148. The number of amides is 2. The Morgan fingerprint density at radius 3 is 2.53 bits per heavy atom.